The highest BCUT2D eigenvalue weighted by atomic mass is 32.2. The zero-order chi connectivity index (χ0) is 10.6. The third-order valence-corrected chi connectivity index (χ3v) is 4.59. The molecule has 0 amide bonds. The molecule has 0 bridgehead atoms. The Hall–Kier alpha value is 0.230. The zero-order valence-electron chi connectivity index (χ0n) is 9.11. The van der Waals surface area contributed by atoms with Crippen LogP contribution in [0.4, 0.5) is 0 Å². The van der Waals surface area contributed by atoms with Crippen LogP contribution in [0.1, 0.15) is 25.7 Å². The van der Waals surface area contributed by atoms with Crippen LogP contribution in [-0.4, -0.2) is 48.1 Å². The van der Waals surface area contributed by atoms with E-state index in [4.69, 9.17) is 14.6 Å². The smallest absolute Gasteiger partial charge is 0.0736 e. The normalized spacial score (nSPS) is 30.6. The lowest BCUT2D eigenvalue weighted by atomic mass is 9.86. The molecule has 15 heavy (non-hydrogen) atoms. The van der Waals surface area contributed by atoms with Gasteiger partial charge in [-0.25, -0.2) is 0 Å². The average Bonchev–Trinajstić information content (AvgIpc) is 2.28. The predicted octanol–water partition coefficient (Wildman–Crippen LogP) is 1.44. The lowest BCUT2D eigenvalue weighted by Crippen LogP contribution is -2.45. The van der Waals surface area contributed by atoms with E-state index in [9.17, 15) is 0 Å². The second kappa shape index (κ2) is 5.53. The summed E-state index contributed by atoms with van der Waals surface area (Å²) in [6, 6.07) is 0. The van der Waals surface area contributed by atoms with Gasteiger partial charge in [0, 0.05) is 30.8 Å². The monoisotopic (exact) mass is 232 g/mol. The standard InChI is InChI=1S/C11H20O3S/c12-4-8-15-10-1-5-14-11(9-10)2-6-13-7-3-11/h10,12H,1-9H2. The number of aliphatic hydroxyl groups excluding tert-OH is 1. The van der Waals surface area contributed by atoms with Crippen LogP contribution in [0.15, 0.2) is 0 Å². The molecule has 0 aliphatic carbocycles. The molecule has 0 aromatic rings. The van der Waals surface area contributed by atoms with Crippen molar-refractivity contribution in [3.8, 4) is 0 Å². The third kappa shape index (κ3) is 3.09. The van der Waals surface area contributed by atoms with Crippen LogP contribution in [0.25, 0.3) is 0 Å². The van der Waals surface area contributed by atoms with Gasteiger partial charge in [0.15, 0.2) is 0 Å². The molecular weight excluding hydrogens is 212 g/mol. The second-order valence-corrected chi connectivity index (χ2v) is 5.76. The summed E-state index contributed by atoms with van der Waals surface area (Å²) in [5.41, 5.74) is 0.101. The lowest BCUT2D eigenvalue weighted by Gasteiger charge is -2.43. The summed E-state index contributed by atoms with van der Waals surface area (Å²) in [7, 11) is 0. The molecule has 2 saturated heterocycles. The van der Waals surface area contributed by atoms with Gasteiger partial charge in [-0.15, -0.1) is 0 Å². The van der Waals surface area contributed by atoms with Crippen molar-refractivity contribution in [2.75, 3.05) is 32.2 Å². The van der Waals surface area contributed by atoms with Gasteiger partial charge in [0.2, 0.25) is 0 Å². The molecule has 3 nitrogen and oxygen atoms in total. The highest BCUT2D eigenvalue weighted by molar-refractivity contribution is 7.99. The minimum Gasteiger partial charge on any atom is -0.396 e. The number of ether oxygens (including phenoxy) is 2. The minimum absolute atomic E-state index is 0.101. The fourth-order valence-corrected chi connectivity index (χ4v) is 3.56. The largest absolute Gasteiger partial charge is 0.396 e. The van der Waals surface area contributed by atoms with E-state index in [1.165, 1.54) is 0 Å². The molecular formula is C11H20O3S. The molecule has 2 fully saturated rings. The van der Waals surface area contributed by atoms with Crippen LogP contribution >= 0.6 is 11.8 Å². The first-order chi connectivity index (χ1) is 7.35. The second-order valence-electron chi connectivity index (χ2n) is 4.35. The van der Waals surface area contributed by atoms with E-state index in [0.717, 1.165) is 51.3 Å². The van der Waals surface area contributed by atoms with Gasteiger partial charge in [-0.2, -0.15) is 11.8 Å². The topological polar surface area (TPSA) is 38.7 Å². The summed E-state index contributed by atoms with van der Waals surface area (Å²) >= 11 is 1.89. The van der Waals surface area contributed by atoms with Crippen molar-refractivity contribution < 1.29 is 14.6 Å². The van der Waals surface area contributed by atoms with E-state index < -0.39 is 0 Å². The van der Waals surface area contributed by atoms with Gasteiger partial charge >= 0.3 is 0 Å². The van der Waals surface area contributed by atoms with Crippen LogP contribution in [0, 0.1) is 0 Å². The van der Waals surface area contributed by atoms with Crippen molar-refractivity contribution in [1.82, 2.24) is 0 Å². The Kier molecular flexibility index (Phi) is 4.31. The Balaban J connectivity index is 1.85. The maximum absolute atomic E-state index is 8.83. The van der Waals surface area contributed by atoms with Gasteiger partial charge in [0.05, 0.1) is 12.2 Å². The SMILES string of the molecule is OCCSC1CCOC2(CCOCC2)C1. The van der Waals surface area contributed by atoms with Crippen molar-refractivity contribution in [2.24, 2.45) is 0 Å². The molecule has 2 aliphatic rings. The van der Waals surface area contributed by atoms with Gasteiger partial charge in [-0.1, -0.05) is 0 Å². The van der Waals surface area contributed by atoms with Crippen LogP contribution in [-0.2, 0) is 9.47 Å². The summed E-state index contributed by atoms with van der Waals surface area (Å²) in [5.74, 6) is 0.858. The molecule has 1 atom stereocenters. The molecule has 4 heteroatoms. The molecule has 2 heterocycles. The van der Waals surface area contributed by atoms with Crippen molar-refractivity contribution in [3.63, 3.8) is 0 Å². The Morgan fingerprint density at radius 2 is 2.07 bits per heavy atom. The molecule has 2 rings (SSSR count). The number of thioether (sulfide) groups is 1. The van der Waals surface area contributed by atoms with E-state index in [-0.39, 0.29) is 12.2 Å². The molecule has 2 aliphatic heterocycles. The molecule has 0 aromatic carbocycles. The Labute approximate surface area is 95.5 Å². The average molecular weight is 232 g/mol. The Morgan fingerprint density at radius 3 is 2.80 bits per heavy atom. The number of hydrogen-bond acceptors (Lipinski definition) is 4. The Morgan fingerprint density at radius 1 is 1.27 bits per heavy atom. The van der Waals surface area contributed by atoms with Gasteiger partial charge < -0.3 is 14.6 Å². The zero-order valence-corrected chi connectivity index (χ0v) is 9.93. The van der Waals surface area contributed by atoms with Crippen LogP contribution in [0.2, 0.25) is 0 Å². The summed E-state index contributed by atoms with van der Waals surface area (Å²) in [4.78, 5) is 0. The lowest BCUT2D eigenvalue weighted by molar-refractivity contribution is -0.131. The summed E-state index contributed by atoms with van der Waals surface area (Å²) < 4.78 is 11.3. The first kappa shape index (κ1) is 11.7. The fourth-order valence-electron chi connectivity index (χ4n) is 2.44. The first-order valence-corrected chi connectivity index (χ1v) is 6.84. The van der Waals surface area contributed by atoms with E-state index in [1.54, 1.807) is 0 Å². The third-order valence-electron chi connectivity index (χ3n) is 3.30. The van der Waals surface area contributed by atoms with Crippen molar-refractivity contribution in [3.05, 3.63) is 0 Å². The maximum atomic E-state index is 8.83. The van der Waals surface area contributed by atoms with Gasteiger partial charge in [-0.3, -0.25) is 0 Å². The molecule has 0 radical (unpaired) electrons. The molecule has 1 spiro atoms. The van der Waals surface area contributed by atoms with E-state index >= 15 is 0 Å². The first-order valence-electron chi connectivity index (χ1n) is 5.79. The number of hydrogen-bond donors (Lipinski definition) is 1. The number of rotatable bonds is 3. The van der Waals surface area contributed by atoms with Gasteiger partial charge in [-0.05, 0) is 25.7 Å². The molecule has 1 unspecified atom stereocenters. The van der Waals surface area contributed by atoms with Crippen LogP contribution < -0.4 is 0 Å². The molecule has 0 aromatic heterocycles. The summed E-state index contributed by atoms with van der Waals surface area (Å²) in [5, 5.41) is 9.50. The Bertz CT molecular complexity index is 187. The van der Waals surface area contributed by atoms with E-state index in [0.29, 0.717) is 5.25 Å². The fraction of sp³-hybridized carbons (Fsp3) is 1.00. The van der Waals surface area contributed by atoms with Gasteiger partial charge in [0.25, 0.3) is 0 Å². The van der Waals surface area contributed by atoms with E-state index in [2.05, 4.69) is 0 Å². The molecule has 88 valence electrons. The van der Waals surface area contributed by atoms with Gasteiger partial charge in [0.1, 0.15) is 0 Å². The predicted molar refractivity (Wildman–Crippen MR) is 61.3 cm³/mol. The summed E-state index contributed by atoms with van der Waals surface area (Å²) in [6.45, 7) is 2.86. The van der Waals surface area contributed by atoms with Crippen molar-refractivity contribution >= 4 is 11.8 Å². The van der Waals surface area contributed by atoms with Crippen molar-refractivity contribution in [1.29, 1.82) is 0 Å². The summed E-state index contributed by atoms with van der Waals surface area (Å²) in [6.07, 6.45) is 4.36. The van der Waals surface area contributed by atoms with Crippen molar-refractivity contribution in [2.45, 2.75) is 36.5 Å². The highest BCUT2D eigenvalue weighted by Gasteiger charge is 2.38. The minimum atomic E-state index is 0.101. The molecule has 0 saturated carbocycles. The quantitative estimate of drug-likeness (QED) is 0.799. The highest BCUT2D eigenvalue weighted by Crippen LogP contribution is 2.38. The number of aliphatic hydroxyl groups is 1. The van der Waals surface area contributed by atoms with E-state index in [1.807, 2.05) is 11.8 Å². The van der Waals surface area contributed by atoms with Crippen LogP contribution in [0.3, 0.4) is 0 Å². The molecule has 1 N–H and O–H groups in total. The maximum Gasteiger partial charge on any atom is 0.0736 e. The van der Waals surface area contributed by atoms with Crippen LogP contribution in [0.5, 0.6) is 0 Å².